The smallest absolute Gasteiger partial charge is 0.171 e. The van der Waals surface area contributed by atoms with Gasteiger partial charge in [0.2, 0.25) is 0 Å². The van der Waals surface area contributed by atoms with E-state index in [-0.39, 0.29) is 5.84 Å². The first kappa shape index (κ1) is 13.9. The molecular formula is C13H20N2OS. The predicted octanol–water partition coefficient (Wildman–Crippen LogP) is 3.23. The fourth-order valence-electron chi connectivity index (χ4n) is 1.43. The van der Waals surface area contributed by atoms with E-state index < -0.39 is 0 Å². The first-order valence-electron chi connectivity index (χ1n) is 5.76. The number of hydrogen-bond donors (Lipinski definition) is 2. The third kappa shape index (κ3) is 4.30. The zero-order chi connectivity index (χ0) is 12.8. The molecule has 0 amide bonds. The van der Waals surface area contributed by atoms with Crippen LogP contribution < -0.4 is 5.73 Å². The van der Waals surface area contributed by atoms with Gasteiger partial charge in [0.25, 0.3) is 0 Å². The maximum Gasteiger partial charge on any atom is 0.171 e. The van der Waals surface area contributed by atoms with E-state index in [1.54, 1.807) is 11.8 Å². The van der Waals surface area contributed by atoms with E-state index in [9.17, 15) is 0 Å². The van der Waals surface area contributed by atoms with Crippen molar-refractivity contribution in [1.82, 2.24) is 0 Å². The van der Waals surface area contributed by atoms with E-state index in [4.69, 9.17) is 10.9 Å². The van der Waals surface area contributed by atoms with Gasteiger partial charge in [0.15, 0.2) is 5.84 Å². The zero-order valence-electron chi connectivity index (χ0n) is 10.6. The zero-order valence-corrected chi connectivity index (χ0v) is 11.4. The summed E-state index contributed by atoms with van der Waals surface area (Å²) < 4.78 is 0. The Hall–Kier alpha value is -1.16. The molecule has 0 aliphatic carbocycles. The van der Waals surface area contributed by atoms with Crippen LogP contribution in [0.2, 0.25) is 0 Å². The number of benzene rings is 1. The summed E-state index contributed by atoms with van der Waals surface area (Å²) >= 11 is 1.76. The number of aryl methyl sites for hydroxylation is 1. The Morgan fingerprint density at radius 1 is 1.47 bits per heavy atom. The summed E-state index contributed by atoms with van der Waals surface area (Å²) in [6.07, 6.45) is 1.16. The number of thioether (sulfide) groups is 1. The summed E-state index contributed by atoms with van der Waals surface area (Å²) in [6, 6.07) is 6.03. The molecule has 4 heteroatoms. The van der Waals surface area contributed by atoms with E-state index >= 15 is 0 Å². The Bertz CT molecular complexity index is 402. The van der Waals surface area contributed by atoms with Crippen LogP contribution in [0, 0.1) is 12.8 Å². The summed E-state index contributed by atoms with van der Waals surface area (Å²) in [5.74, 6) is 1.92. The average Bonchev–Trinajstić information content (AvgIpc) is 2.29. The number of amidine groups is 1. The van der Waals surface area contributed by atoms with Crippen LogP contribution in [-0.2, 0) is 0 Å². The molecule has 3 nitrogen and oxygen atoms in total. The van der Waals surface area contributed by atoms with Crippen molar-refractivity contribution >= 4 is 17.6 Å². The van der Waals surface area contributed by atoms with Gasteiger partial charge in [-0.15, -0.1) is 11.8 Å². The monoisotopic (exact) mass is 252 g/mol. The lowest BCUT2D eigenvalue weighted by Gasteiger charge is -2.10. The van der Waals surface area contributed by atoms with Crippen LogP contribution in [0.25, 0.3) is 0 Å². The van der Waals surface area contributed by atoms with E-state index in [2.05, 4.69) is 19.0 Å². The second-order valence-corrected chi connectivity index (χ2v) is 5.65. The maximum atomic E-state index is 8.77. The first-order chi connectivity index (χ1) is 8.04. The third-order valence-electron chi connectivity index (χ3n) is 2.47. The van der Waals surface area contributed by atoms with Crippen molar-refractivity contribution in [3.05, 3.63) is 29.3 Å². The van der Waals surface area contributed by atoms with Crippen LogP contribution in [-0.4, -0.2) is 16.8 Å². The lowest BCUT2D eigenvalue weighted by atomic mass is 10.1. The fourth-order valence-corrected chi connectivity index (χ4v) is 2.72. The van der Waals surface area contributed by atoms with Gasteiger partial charge in [0, 0.05) is 10.5 Å². The largest absolute Gasteiger partial charge is 0.409 e. The minimum atomic E-state index is 0.181. The van der Waals surface area contributed by atoms with E-state index in [0.29, 0.717) is 5.92 Å². The lowest BCUT2D eigenvalue weighted by Crippen LogP contribution is -2.14. The van der Waals surface area contributed by atoms with Gasteiger partial charge in [0.1, 0.15) is 0 Å². The molecule has 94 valence electrons. The highest BCUT2D eigenvalue weighted by Crippen LogP contribution is 2.25. The van der Waals surface area contributed by atoms with Crippen LogP contribution in [0.4, 0.5) is 0 Å². The summed E-state index contributed by atoms with van der Waals surface area (Å²) in [7, 11) is 0. The van der Waals surface area contributed by atoms with Gasteiger partial charge in [-0.3, -0.25) is 0 Å². The van der Waals surface area contributed by atoms with Gasteiger partial charge in [-0.05, 0) is 37.1 Å². The van der Waals surface area contributed by atoms with Crippen LogP contribution >= 0.6 is 11.8 Å². The Labute approximate surface area is 107 Å². The minimum Gasteiger partial charge on any atom is -0.409 e. The highest BCUT2D eigenvalue weighted by atomic mass is 32.2. The Balaban J connectivity index is 2.83. The van der Waals surface area contributed by atoms with Gasteiger partial charge >= 0.3 is 0 Å². The quantitative estimate of drug-likeness (QED) is 0.278. The molecule has 0 spiro atoms. The molecule has 1 aromatic carbocycles. The molecule has 0 saturated carbocycles. The van der Waals surface area contributed by atoms with Crippen LogP contribution in [0.15, 0.2) is 28.3 Å². The Morgan fingerprint density at radius 2 is 2.18 bits per heavy atom. The third-order valence-corrected chi connectivity index (χ3v) is 3.58. The summed E-state index contributed by atoms with van der Waals surface area (Å²) in [5.41, 5.74) is 7.61. The van der Waals surface area contributed by atoms with Gasteiger partial charge in [-0.25, -0.2) is 0 Å². The van der Waals surface area contributed by atoms with E-state index in [1.807, 2.05) is 25.1 Å². The van der Waals surface area contributed by atoms with Crippen molar-refractivity contribution in [2.24, 2.45) is 16.8 Å². The number of hydrogen-bond acceptors (Lipinski definition) is 3. The van der Waals surface area contributed by atoms with Gasteiger partial charge in [-0.1, -0.05) is 30.6 Å². The molecule has 0 unspecified atom stereocenters. The summed E-state index contributed by atoms with van der Waals surface area (Å²) in [5, 5.41) is 11.9. The predicted molar refractivity (Wildman–Crippen MR) is 73.9 cm³/mol. The molecule has 0 aliphatic rings. The number of rotatable bonds is 5. The Morgan fingerprint density at radius 3 is 2.76 bits per heavy atom. The van der Waals surface area contributed by atoms with Gasteiger partial charge in [0.05, 0.1) is 0 Å². The van der Waals surface area contributed by atoms with Crippen molar-refractivity contribution in [1.29, 1.82) is 0 Å². The second kappa shape index (κ2) is 6.55. The molecule has 1 aromatic rings. The van der Waals surface area contributed by atoms with Crippen LogP contribution in [0.1, 0.15) is 31.4 Å². The fraction of sp³-hybridized carbons (Fsp3) is 0.462. The van der Waals surface area contributed by atoms with Gasteiger partial charge < -0.3 is 10.9 Å². The molecular weight excluding hydrogens is 232 g/mol. The SMILES string of the molecule is Cc1ccc(SCCC(C)C)c(/C(N)=N/O)c1. The van der Waals surface area contributed by atoms with Crippen molar-refractivity contribution in [2.75, 3.05) is 5.75 Å². The summed E-state index contributed by atoms with van der Waals surface area (Å²) in [6.45, 7) is 6.41. The Kier molecular flexibility index (Phi) is 5.35. The van der Waals surface area contributed by atoms with Gasteiger partial charge in [-0.2, -0.15) is 0 Å². The molecule has 1 rings (SSSR count). The highest BCUT2D eigenvalue weighted by Gasteiger charge is 2.08. The first-order valence-corrected chi connectivity index (χ1v) is 6.74. The molecule has 0 aromatic heterocycles. The maximum absolute atomic E-state index is 8.77. The lowest BCUT2D eigenvalue weighted by molar-refractivity contribution is 0.318. The molecule has 0 fully saturated rings. The van der Waals surface area contributed by atoms with Crippen molar-refractivity contribution in [3.8, 4) is 0 Å². The molecule has 0 radical (unpaired) electrons. The van der Waals surface area contributed by atoms with E-state index in [1.165, 1.54) is 0 Å². The topological polar surface area (TPSA) is 58.6 Å². The van der Waals surface area contributed by atoms with E-state index in [0.717, 1.165) is 28.2 Å². The highest BCUT2D eigenvalue weighted by molar-refractivity contribution is 7.99. The van der Waals surface area contributed by atoms with Crippen LogP contribution in [0.5, 0.6) is 0 Å². The second-order valence-electron chi connectivity index (χ2n) is 4.52. The molecule has 0 bridgehead atoms. The molecule has 0 saturated heterocycles. The standard InChI is InChI=1S/C13H20N2OS/c1-9(2)6-7-17-12-5-4-10(3)8-11(12)13(14)15-16/h4-5,8-9,16H,6-7H2,1-3H3,(H2,14,15). The molecule has 3 N–H and O–H groups in total. The normalized spacial score (nSPS) is 12.1. The molecule has 17 heavy (non-hydrogen) atoms. The minimum absolute atomic E-state index is 0.181. The van der Waals surface area contributed by atoms with Crippen molar-refractivity contribution in [2.45, 2.75) is 32.1 Å². The number of oxime groups is 1. The number of nitrogens with zero attached hydrogens (tertiary/aromatic N) is 1. The van der Waals surface area contributed by atoms with Crippen molar-refractivity contribution in [3.63, 3.8) is 0 Å². The summed E-state index contributed by atoms with van der Waals surface area (Å²) in [4.78, 5) is 1.08. The average molecular weight is 252 g/mol. The molecule has 0 atom stereocenters. The van der Waals surface area contributed by atoms with Crippen molar-refractivity contribution < 1.29 is 5.21 Å². The molecule has 0 heterocycles. The molecule has 0 aliphatic heterocycles. The van der Waals surface area contributed by atoms with Crippen LogP contribution in [0.3, 0.4) is 0 Å². The number of nitrogens with two attached hydrogens (primary N) is 1.